The van der Waals surface area contributed by atoms with E-state index in [9.17, 15) is 14.4 Å². The van der Waals surface area contributed by atoms with E-state index in [0.717, 1.165) is 0 Å². The molecule has 0 saturated heterocycles. The van der Waals surface area contributed by atoms with Crippen LogP contribution in [0.15, 0.2) is 18.2 Å². The highest BCUT2D eigenvalue weighted by atomic mass is 16.5. The van der Waals surface area contributed by atoms with Crippen molar-refractivity contribution >= 4 is 29.7 Å². The molecule has 0 bridgehead atoms. The fourth-order valence-electron chi connectivity index (χ4n) is 1.24. The third kappa shape index (κ3) is 3.94. The van der Waals surface area contributed by atoms with Crippen molar-refractivity contribution in [2.75, 3.05) is 10.6 Å². The molecule has 1 rings (SSSR count). The second-order valence-corrected chi connectivity index (χ2v) is 3.28. The summed E-state index contributed by atoms with van der Waals surface area (Å²) >= 11 is 0. The molecule has 0 radical (unpaired) electrons. The molecule has 0 spiro atoms. The fourth-order valence-corrected chi connectivity index (χ4v) is 1.24. The van der Waals surface area contributed by atoms with Gasteiger partial charge in [-0.3, -0.25) is 14.4 Å². The van der Waals surface area contributed by atoms with Crippen molar-refractivity contribution in [3.63, 3.8) is 0 Å². The minimum Gasteiger partial charge on any atom is -0.429 e. The van der Waals surface area contributed by atoms with Crippen LogP contribution >= 0.6 is 0 Å². The molecule has 17 heavy (non-hydrogen) atoms. The summed E-state index contributed by atoms with van der Waals surface area (Å²) in [7, 11) is 0. The first-order valence-electron chi connectivity index (χ1n) is 4.82. The number of rotatable bonds is 4. The van der Waals surface area contributed by atoms with Crippen molar-refractivity contribution in [3.05, 3.63) is 18.2 Å². The average Bonchev–Trinajstić information content (AvgIpc) is 2.21. The van der Waals surface area contributed by atoms with Crippen LogP contribution in [0.25, 0.3) is 0 Å². The van der Waals surface area contributed by atoms with Crippen molar-refractivity contribution < 1.29 is 19.1 Å². The molecule has 0 unspecified atom stereocenters. The lowest BCUT2D eigenvalue weighted by Gasteiger charge is -2.11. The Morgan fingerprint density at radius 2 is 1.71 bits per heavy atom. The second kappa shape index (κ2) is 5.64. The Morgan fingerprint density at radius 3 is 2.24 bits per heavy atom. The molecular weight excluding hydrogens is 224 g/mol. The van der Waals surface area contributed by atoms with E-state index in [1.54, 1.807) is 0 Å². The van der Waals surface area contributed by atoms with Crippen LogP contribution in [-0.2, 0) is 14.4 Å². The number of ether oxygens (including phenoxy) is 1. The van der Waals surface area contributed by atoms with E-state index >= 15 is 0 Å². The zero-order valence-electron chi connectivity index (χ0n) is 9.44. The summed E-state index contributed by atoms with van der Waals surface area (Å²) in [6, 6.07) is 4.48. The normalized spacial score (nSPS) is 9.29. The van der Waals surface area contributed by atoms with E-state index in [0.29, 0.717) is 11.4 Å². The number of carbonyl (C=O) groups excluding carboxylic acids is 3. The maximum absolute atomic E-state index is 11.0. The number of anilines is 2. The molecule has 2 N–H and O–H groups in total. The first kappa shape index (κ1) is 12.7. The van der Waals surface area contributed by atoms with Gasteiger partial charge in [0.1, 0.15) is 5.75 Å². The number of carbonyl (C=O) groups is 3. The van der Waals surface area contributed by atoms with Gasteiger partial charge in [0, 0.05) is 19.9 Å². The molecule has 1 aromatic carbocycles. The first-order valence-corrected chi connectivity index (χ1v) is 4.82. The largest absolute Gasteiger partial charge is 0.429 e. The first-order chi connectivity index (χ1) is 8.02. The van der Waals surface area contributed by atoms with Crippen LogP contribution in [0.5, 0.6) is 5.75 Å². The fraction of sp³-hybridized carbons (Fsp3) is 0.182. The van der Waals surface area contributed by atoms with Crippen LogP contribution in [0.1, 0.15) is 13.8 Å². The third-order valence-electron chi connectivity index (χ3n) is 1.80. The van der Waals surface area contributed by atoms with E-state index in [2.05, 4.69) is 15.4 Å². The van der Waals surface area contributed by atoms with E-state index in [1.807, 2.05) is 0 Å². The lowest BCUT2D eigenvalue weighted by molar-refractivity contribution is -0.120. The molecular formula is C11H12N2O4. The summed E-state index contributed by atoms with van der Waals surface area (Å²) in [6.45, 7) is 2.98. The highest BCUT2D eigenvalue weighted by Gasteiger charge is 2.07. The van der Waals surface area contributed by atoms with Crippen LogP contribution in [-0.4, -0.2) is 18.3 Å². The molecule has 0 aliphatic rings. The number of amides is 2. The molecule has 0 aliphatic carbocycles. The van der Waals surface area contributed by atoms with Gasteiger partial charge in [0.05, 0.1) is 11.4 Å². The Morgan fingerprint density at radius 1 is 1.12 bits per heavy atom. The van der Waals surface area contributed by atoms with Gasteiger partial charge in [-0.05, 0) is 12.1 Å². The molecule has 0 fully saturated rings. The minimum atomic E-state index is -0.292. The van der Waals surface area contributed by atoms with Crippen molar-refractivity contribution in [3.8, 4) is 5.75 Å². The number of benzene rings is 1. The number of hydrogen-bond acceptors (Lipinski definition) is 4. The van der Waals surface area contributed by atoms with Crippen LogP contribution in [0.3, 0.4) is 0 Å². The monoisotopic (exact) mass is 236 g/mol. The van der Waals surface area contributed by atoms with Crippen molar-refractivity contribution in [2.45, 2.75) is 13.8 Å². The quantitative estimate of drug-likeness (QED) is 0.768. The summed E-state index contributed by atoms with van der Waals surface area (Å²) in [5.41, 5.74) is 0.804. The van der Waals surface area contributed by atoms with E-state index < -0.39 is 0 Å². The van der Waals surface area contributed by atoms with Crippen LogP contribution in [0.4, 0.5) is 11.4 Å². The lowest BCUT2D eigenvalue weighted by Crippen LogP contribution is -2.12. The molecule has 0 aromatic heterocycles. The summed E-state index contributed by atoms with van der Waals surface area (Å²) in [5.74, 6) is -0.279. The Kier molecular flexibility index (Phi) is 4.21. The SMILES string of the molecule is CC(=O)Nc1ccc(OC=O)cc1NC(C)=O. The molecule has 0 aliphatic heterocycles. The lowest BCUT2D eigenvalue weighted by atomic mass is 10.2. The summed E-state index contributed by atoms with van der Waals surface area (Å²) < 4.78 is 4.64. The predicted molar refractivity (Wildman–Crippen MR) is 61.7 cm³/mol. The highest BCUT2D eigenvalue weighted by molar-refractivity contribution is 5.98. The smallest absolute Gasteiger partial charge is 0.298 e. The van der Waals surface area contributed by atoms with Gasteiger partial charge < -0.3 is 15.4 Å². The van der Waals surface area contributed by atoms with Crippen LogP contribution in [0.2, 0.25) is 0 Å². The summed E-state index contributed by atoms with van der Waals surface area (Å²) in [6.07, 6.45) is 0. The third-order valence-corrected chi connectivity index (χ3v) is 1.80. The maximum Gasteiger partial charge on any atom is 0.298 e. The van der Waals surface area contributed by atoms with Crippen LogP contribution < -0.4 is 15.4 Å². The molecule has 90 valence electrons. The molecule has 0 atom stereocenters. The molecule has 6 nitrogen and oxygen atoms in total. The van der Waals surface area contributed by atoms with E-state index in [4.69, 9.17) is 0 Å². The van der Waals surface area contributed by atoms with Gasteiger partial charge in [-0.15, -0.1) is 0 Å². The van der Waals surface area contributed by atoms with Gasteiger partial charge >= 0.3 is 0 Å². The van der Waals surface area contributed by atoms with Crippen LogP contribution in [0, 0.1) is 0 Å². The topological polar surface area (TPSA) is 84.5 Å². The Bertz CT molecular complexity index is 457. The molecule has 2 amide bonds. The van der Waals surface area contributed by atoms with Crippen molar-refractivity contribution in [2.24, 2.45) is 0 Å². The zero-order valence-corrected chi connectivity index (χ0v) is 9.44. The molecule has 6 heteroatoms. The van der Waals surface area contributed by atoms with E-state index in [-0.39, 0.29) is 24.0 Å². The van der Waals surface area contributed by atoms with Gasteiger partial charge in [-0.2, -0.15) is 0 Å². The van der Waals surface area contributed by atoms with Gasteiger partial charge in [0.2, 0.25) is 11.8 Å². The number of nitrogens with one attached hydrogen (secondary N) is 2. The summed E-state index contributed by atoms with van der Waals surface area (Å²) in [5, 5.41) is 5.08. The Hall–Kier alpha value is -2.37. The average molecular weight is 236 g/mol. The van der Waals surface area contributed by atoms with Crippen molar-refractivity contribution in [1.29, 1.82) is 0 Å². The Labute approximate surface area is 98.0 Å². The predicted octanol–water partition coefficient (Wildman–Crippen LogP) is 1.14. The van der Waals surface area contributed by atoms with Crippen molar-refractivity contribution in [1.82, 2.24) is 0 Å². The van der Waals surface area contributed by atoms with Gasteiger partial charge in [0.25, 0.3) is 6.47 Å². The van der Waals surface area contributed by atoms with E-state index in [1.165, 1.54) is 32.0 Å². The molecule has 1 aromatic rings. The van der Waals surface area contributed by atoms with Gasteiger partial charge in [-0.25, -0.2) is 0 Å². The molecule has 0 saturated carbocycles. The van der Waals surface area contributed by atoms with Gasteiger partial charge in [0.15, 0.2) is 0 Å². The summed E-state index contributed by atoms with van der Waals surface area (Å²) in [4.78, 5) is 32.1. The second-order valence-electron chi connectivity index (χ2n) is 3.28. The standard InChI is InChI=1S/C11H12N2O4/c1-7(15)12-10-4-3-9(17-6-14)5-11(10)13-8(2)16/h3-6H,1-2H3,(H,12,15)(H,13,16). The number of hydrogen-bond donors (Lipinski definition) is 2. The van der Waals surface area contributed by atoms with Gasteiger partial charge in [-0.1, -0.05) is 0 Å². The molecule has 0 heterocycles. The minimum absolute atomic E-state index is 0.263. The maximum atomic E-state index is 11.0. The Balaban J connectivity index is 3.06. The zero-order chi connectivity index (χ0) is 12.8. The highest BCUT2D eigenvalue weighted by Crippen LogP contribution is 2.27.